The Morgan fingerprint density at radius 3 is 1.98 bits per heavy atom. The van der Waals surface area contributed by atoms with Gasteiger partial charge >= 0.3 is 18.3 Å². The Hall–Kier alpha value is -6.35. The van der Waals surface area contributed by atoms with E-state index in [9.17, 15) is 29.7 Å². The SMILES string of the molecule is CC.CC.CCC(C)/C(=C/C=C/C=C/N(C(=O)O)c1c(NC(=O)O)c2ccccc2c2ccccc12)N(C(=O)O)c1cc2ccccc2c2c1C=CCC2. The second-order valence-corrected chi connectivity index (χ2v) is 12.1. The first-order valence-electron chi connectivity index (χ1n) is 18.5. The maximum Gasteiger partial charge on any atom is 0.416 e. The van der Waals surface area contributed by atoms with Gasteiger partial charge in [0.25, 0.3) is 0 Å². The smallest absolute Gasteiger partial charge is 0.416 e. The van der Waals surface area contributed by atoms with Gasteiger partial charge < -0.3 is 15.3 Å². The predicted molar refractivity (Wildman–Crippen MR) is 224 cm³/mol. The lowest BCUT2D eigenvalue weighted by Gasteiger charge is -2.30. The van der Waals surface area contributed by atoms with Crippen LogP contribution in [-0.4, -0.2) is 33.6 Å². The van der Waals surface area contributed by atoms with E-state index in [0.29, 0.717) is 28.6 Å². The molecular formula is C45H49N3O6. The third-order valence-corrected chi connectivity index (χ3v) is 9.14. The summed E-state index contributed by atoms with van der Waals surface area (Å²) in [4.78, 5) is 40.0. The van der Waals surface area contributed by atoms with Crippen molar-refractivity contribution >= 4 is 73.7 Å². The molecule has 6 rings (SSSR count). The number of nitrogens with one attached hydrogen (secondary N) is 1. The van der Waals surface area contributed by atoms with Gasteiger partial charge in [-0.3, -0.25) is 10.2 Å². The molecule has 0 aliphatic heterocycles. The molecule has 0 saturated carbocycles. The molecule has 1 atom stereocenters. The number of benzene rings is 5. The van der Waals surface area contributed by atoms with E-state index in [-0.39, 0.29) is 17.3 Å². The molecule has 280 valence electrons. The van der Waals surface area contributed by atoms with Crippen LogP contribution in [-0.2, 0) is 6.42 Å². The van der Waals surface area contributed by atoms with E-state index >= 15 is 0 Å². The van der Waals surface area contributed by atoms with Crippen LogP contribution in [0.1, 0.15) is 65.5 Å². The van der Waals surface area contributed by atoms with Crippen molar-refractivity contribution in [3.05, 3.63) is 132 Å². The molecule has 0 radical (unpaired) electrons. The van der Waals surface area contributed by atoms with Gasteiger partial charge in [-0.2, -0.15) is 0 Å². The van der Waals surface area contributed by atoms with Crippen molar-refractivity contribution in [2.75, 3.05) is 15.1 Å². The number of hydrogen-bond donors (Lipinski definition) is 4. The van der Waals surface area contributed by atoms with Crippen molar-refractivity contribution in [1.82, 2.24) is 0 Å². The fraction of sp³-hybridized carbons (Fsp3) is 0.222. The molecule has 1 aliphatic rings. The van der Waals surface area contributed by atoms with E-state index in [1.54, 1.807) is 42.5 Å². The number of nitrogens with zero attached hydrogens (tertiary/aromatic N) is 2. The Morgan fingerprint density at radius 1 is 0.778 bits per heavy atom. The van der Waals surface area contributed by atoms with E-state index in [1.165, 1.54) is 17.2 Å². The molecular weight excluding hydrogens is 679 g/mol. The van der Waals surface area contributed by atoms with Gasteiger partial charge in [0.15, 0.2) is 0 Å². The summed E-state index contributed by atoms with van der Waals surface area (Å²) in [6, 6.07) is 24.4. The molecule has 0 saturated heterocycles. The van der Waals surface area contributed by atoms with E-state index in [0.717, 1.165) is 50.4 Å². The van der Waals surface area contributed by atoms with Crippen molar-refractivity contribution in [2.24, 2.45) is 5.92 Å². The number of allylic oxidation sites excluding steroid dienone is 6. The lowest BCUT2D eigenvalue weighted by atomic mass is 9.89. The third-order valence-electron chi connectivity index (χ3n) is 9.14. The van der Waals surface area contributed by atoms with E-state index < -0.39 is 18.3 Å². The zero-order chi connectivity index (χ0) is 39.4. The summed E-state index contributed by atoms with van der Waals surface area (Å²) >= 11 is 0. The Labute approximate surface area is 316 Å². The standard InChI is InChI=1S/C41H37N3O6.2C2H6/c1-3-26(2)35(44(41(49)50)36-25-27-15-6-7-16-28(27)29-17-8-11-20-32(29)36)23-5-4-14-24-43(40(47)48)38-34-22-13-10-19-31(34)30-18-9-12-21-33(30)37(38)42-39(45)46;2*1-2/h4-7,9-16,18-26,42H,3,8,17H2,1-2H3,(H,45,46)(H,47,48)(H,49,50);2*1-2H3/b5-4+,24-14+,35-23-;;. The first-order chi connectivity index (χ1) is 26.2. The molecule has 9 nitrogen and oxygen atoms in total. The molecule has 0 fully saturated rings. The summed E-state index contributed by atoms with van der Waals surface area (Å²) in [6.45, 7) is 12.0. The molecule has 0 aromatic heterocycles. The Balaban J connectivity index is 0.00000157. The number of carbonyl (C=O) groups is 3. The summed E-state index contributed by atoms with van der Waals surface area (Å²) in [7, 11) is 0. The van der Waals surface area contributed by atoms with Gasteiger partial charge in [-0.25, -0.2) is 19.3 Å². The molecule has 1 aliphatic carbocycles. The fourth-order valence-corrected chi connectivity index (χ4v) is 6.71. The quantitative estimate of drug-likeness (QED) is 0.0679. The molecule has 0 spiro atoms. The molecule has 4 N–H and O–H groups in total. The molecule has 5 aromatic carbocycles. The monoisotopic (exact) mass is 727 g/mol. The minimum absolute atomic E-state index is 0.126. The highest BCUT2D eigenvalue weighted by Gasteiger charge is 2.27. The maximum absolute atomic E-state index is 13.0. The normalized spacial score (nSPS) is 12.8. The van der Waals surface area contributed by atoms with Gasteiger partial charge in [-0.15, -0.1) is 0 Å². The van der Waals surface area contributed by atoms with Gasteiger partial charge in [0.05, 0.1) is 17.1 Å². The molecule has 1 unspecified atom stereocenters. The van der Waals surface area contributed by atoms with Gasteiger partial charge in [0.1, 0.15) is 0 Å². The number of amides is 3. The van der Waals surface area contributed by atoms with Crippen molar-refractivity contribution in [1.29, 1.82) is 0 Å². The largest absolute Gasteiger partial charge is 0.465 e. The first kappa shape index (κ1) is 40.4. The molecule has 3 amide bonds. The van der Waals surface area contributed by atoms with Crippen molar-refractivity contribution in [3.8, 4) is 0 Å². The first-order valence-corrected chi connectivity index (χ1v) is 18.5. The molecule has 9 heteroatoms. The summed E-state index contributed by atoms with van der Waals surface area (Å²) < 4.78 is 0. The Kier molecular flexibility index (Phi) is 14.2. The number of aryl methyl sites for hydroxylation is 1. The number of anilines is 3. The van der Waals surface area contributed by atoms with Crippen molar-refractivity contribution < 1.29 is 29.7 Å². The van der Waals surface area contributed by atoms with Crippen LogP contribution in [0.2, 0.25) is 0 Å². The average Bonchev–Trinajstić information content (AvgIpc) is 3.20. The summed E-state index contributed by atoms with van der Waals surface area (Å²) in [5, 5.41) is 37.9. The van der Waals surface area contributed by atoms with Crippen LogP contribution in [0.25, 0.3) is 38.4 Å². The van der Waals surface area contributed by atoms with Gasteiger partial charge in [-0.05, 0) is 70.5 Å². The number of carboxylic acid groups (broad SMARTS) is 3. The molecule has 5 aromatic rings. The van der Waals surface area contributed by atoms with Crippen LogP contribution in [0.15, 0.2) is 121 Å². The second kappa shape index (κ2) is 18.9. The highest BCUT2D eigenvalue weighted by Crippen LogP contribution is 2.43. The lowest BCUT2D eigenvalue weighted by molar-refractivity contribution is 0.202. The van der Waals surface area contributed by atoms with E-state index in [4.69, 9.17) is 0 Å². The lowest BCUT2D eigenvalue weighted by Crippen LogP contribution is -2.32. The molecule has 0 bridgehead atoms. The summed E-state index contributed by atoms with van der Waals surface area (Å²) in [5.74, 6) is -0.126. The minimum atomic E-state index is -1.32. The van der Waals surface area contributed by atoms with Crippen LogP contribution < -0.4 is 15.1 Å². The predicted octanol–water partition coefficient (Wildman–Crippen LogP) is 12.9. The van der Waals surface area contributed by atoms with Gasteiger partial charge in [-0.1, -0.05) is 139 Å². The van der Waals surface area contributed by atoms with Crippen LogP contribution in [0.4, 0.5) is 31.4 Å². The van der Waals surface area contributed by atoms with Crippen LogP contribution >= 0.6 is 0 Å². The number of rotatable bonds is 9. The van der Waals surface area contributed by atoms with Crippen LogP contribution in [0.5, 0.6) is 0 Å². The number of hydrogen-bond acceptors (Lipinski definition) is 3. The summed E-state index contributed by atoms with van der Waals surface area (Å²) in [5.41, 5.74) is 3.50. The zero-order valence-electron chi connectivity index (χ0n) is 31.7. The minimum Gasteiger partial charge on any atom is -0.465 e. The van der Waals surface area contributed by atoms with Crippen molar-refractivity contribution in [3.63, 3.8) is 0 Å². The topological polar surface area (TPSA) is 130 Å². The Bertz CT molecular complexity index is 2270. The molecule has 0 heterocycles. The maximum atomic E-state index is 13.0. The Morgan fingerprint density at radius 2 is 1.37 bits per heavy atom. The zero-order valence-corrected chi connectivity index (χ0v) is 31.7. The third kappa shape index (κ3) is 8.47. The fourth-order valence-electron chi connectivity index (χ4n) is 6.71. The highest BCUT2D eigenvalue weighted by molar-refractivity contribution is 6.24. The number of fused-ring (bicyclic) bond motifs is 6. The van der Waals surface area contributed by atoms with Crippen LogP contribution in [0.3, 0.4) is 0 Å². The average molecular weight is 728 g/mol. The summed E-state index contributed by atoms with van der Waals surface area (Å²) in [6.07, 6.45) is 10.7. The highest BCUT2D eigenvalue weighted by atomic mass is 16.4. The van der Waals surface area contributed by atoms with Crippen LogP contribution in [0, 0.1) is 5.92 Å². The van der Waals surface area contributed by atoms with E-state index in [1.807, 2.05) is 96.1 Å². The van der Waals surface area contributed by atoms with Crippen molar-refractivity contribution in [2.45, 2.75) is 60.8 Å². The van der Waals surface area contributed by atoms with Gasteiger partial charge in [0.2, 0.25) is 0 Å². The second-order valence-electron chi connectivity index (χ2n) is 12.1. The van der Waals surface area contributed by atoms with E-state index in [2.05, 4.69) is 17.5 Å². The van der Waals surface area contributed by atoms with Gasteiger partial charge in [0, 0.05) is 28.2 Å². The molecule has 54 heavy (non-hydrogen) atoms.